The molecule has 0 saturated carbocycles. The summed E-state index contributed by atoms with van der Waals surface area (Å²) in [6.45, 7) is 0.616. The summed E-state index contributed by atoms with van der Waals surface area (Å²) in [4.78, 5) is -0.155. The van der Waals surface area contributed by atoms with Gasteiger partial charge in [0.05, 0.1) is 21.2 Å². The van der Waals surface area contributed by atoms with E-state index in [1.54, 1.807) is 0 Å². The molecule has 0 unspecified atom stereocenters. The number of anilines is 1. The van der Waals surface area contributed by atoms with Crippen LogP contribution in [0.3, 0.4) is 0 Å². The van der Waals surface area contributed by atoms with Crippen molar-refractivity contribution in [3.63, 3.8) is 0 Å². The second-order valence-corrected chi connectivity index (χ2v) is 7.82. The predicted molar refractivity (Wildman–Crippen MR) is 89.5 cm³/mol. The molecule has 0 spiro atoms. The molecular formula is C16H13ClF3NO4S. The van der Waals surface area contributed by atoms with Crippen molar-refractivity contribution in [1.29, 1.82) is 0 Å². The summed E-state index contributed by atoms with van der Waals surface area (Å²) >= 11 is 5.93. The van der Waals surface area contributed by atoms with Crippen LogP contribution in [0.15, 0.2) is 41.3 Å². The summed E-state index contributed by atoms with van der Waals surface area (Å²) in [5.41, 5.74) is -1.28. The topological polar surface area (TPSA) is 55.8 Å². The number of halogens is 4. The monoisotopic (exact) mass is 407 g/mol. The third-order valence-corrected chi connectivity index (χ3v) is 5.87. The molecule has 3 rings (SSSR count). The number of alkyl halides is 3. The van der Waals surface area contributed by atoms with Crippen LogP contribution in [0.25, 0.3) is 0 Å². The largest absolute Gasteiger partial charge is 0.486 e. The lowest BCUT2D eigenvalue weighted by Gasteiger charge is -2.23. The number of hydrogen-bond acceptors (Lipinski definition) is 4. The molecule has 0 amide bonds. The quantitative estimate of drug-likeness (QED) is 0.773. The predicted octanol–water partition coefficient (Wildman–Crippen LogP) is 3.96. The number of fused-ring (bicyclic) bond motifs is 1. The van der Waals surface area contributed by atoms with E-state index in [1.165, 1.54) is 18.2 Å². The first-order chi connectivity index (χ1) is 12.1. The Bertz CT molecular complexity index is 947. The third kappa shape index (κ3) is 3.41. The Balaban J connectivity index is 2.02. The maximum Gasteiger partial charge on any atom is 0.416 e. The molecule has 0 radical (unpaired) electrons. The van der Waals surface area contributed by atoms with Crippen molar-refractivity contribution in [2.45, 2.75) is 11.1 Å². The minimum Gasteiger partial charge on any atom is -0.486 e. The van der Waals surface area contributed by atoms with E-state index in [9.17, 15) is 21.6 Å². The Morgan fingerprint density at radius 2 is 1.69 bits per heavy atom. The van der Waals surface area contributed by atoms with Gasteiger partial charge in [0.15, 0.2) is 11.5 Å². The number of rotatable bonds is 3. The molecule has 0 atom stereocenters. The van der Waals surface area contributed by atoms with Crippen LogP contribution in [0, 0.1) is 0 Å². The molecule has 1 aliphatic rings. The Morgan fingerprint density at radius 3 is 2.35 bits per heavy atom. The standard InChI is InChI=1S/C16H13ClF3NO4S/c1-21(13-8-10(16(18,19)20)2-4-12(13)17)26(22,23)11-3-5-14-15(9-11)25-7-6-24-14/h2-5,8-9H,6-7H2,1H3. The molecule has 0 fully saturated rings. The molecule has 5 nitrogen and oxygen atoms in total. The lowest BCUT2D eigenvalue weighted by molar-refractivity contribution is -0.137. The van der Waals surface area contributed by atoms with Crippen LogP contribution < -0.4 is 13.8 Å². The SMILES string of the molecule is CN(c1cc(C(F)(F)F)ccc1Cl)S(=O)(=O)c1ccc2c(c1)OCCO2. The summed E-state index contributed by atoms with van der Waals surface area (Å²) in [7, 11) is -3.03. The summed E-state index contributed by atoms with van der Waals surface area (Å²) < 4.78 is 75.8. The smallest absolute Gasteiger partial charge is 0.416 e. The van der Waals surface area contributed by atoms with E-state index in [2.05, 4.69) is 0 Å². The van der Waals surface area contributed by atoms with Crippen molar-refractivity contribution in [3.05, 3.63) is 47.0 Å². The van der Waals surface area contributed by atoms with Crippen LogP contribution in [-0.2, 0) is 16.2 Å². The molecule has 26 heavy (non-hydrogen) atoms. The van der Waals surface area contributed by atoms with Gasteiger partial charge in [0.2, 0.25) is 0 Å². The van der Waals surface area contributed by atoms with Gasteiger partial charge in [0.25, 0.3) is 10.0 Å². The summed E-state index contributed by atoms with van der Waals surface area (Å²) in [6.07, 6.45) is -4.62. The second-order valence-electron chi connectivity index (χ2n) is 5.44. The van der Waals surface area contributed by atoms with E-state index in [0.29, 0.717) is 22.7 Å². The minimum absolute atomic E-state index is 0.124. The molecule has 10 heteroatoms. The Labute approximate surface area is 152 Å². The zero-order chi connectivity index (χ0) is 19.1. The van der Waals surface area contributed by atoms with Gasteiger partial charge in [-0.25, -0.2) is 8.42 Å². The van der Waals surface area contributed by atoms with Crippen molar-refractivity contribution in [2.75, 3.05) is 24.6 Å². The van der Waals surface area contributed by atoms with E-state index < -0.39 is 21.8 Å². The van der Waals surface area contributed by atoms with Crippen LogP contribution in [0.4, 0.5) is 18.9 Å². The van der Waals surface area contributed by atoms with Gasteiger partial charge in [0, 0.05) is 13.1 Å². The highest BCUT2D eigenvalue weighted by molar-refractivity contribution is 7.92. The van der Waals surface area contributed by atoms with E-state index in [-0.39, 0.29) is 28.0 Å². The number of hydrogen-bond donors (Lipinski definition) is 0. The molecule has 0 bridgehead atoms. The fraction of sp³-hybridized carbons (Fsp3) is 0.250. The lowest BCUT2D eigenvalue weighted by Crippen LogP contribution is -2.27. The van der Waals surface area contributed by atoms with Crippen molar-refractivity contribution < 1.29 is 31.1 Å². The zero-order valence-electron chi connectivity index (χ0n) is 13.4. The van der Waals surface area contributed by atoms with Gasteiger partial charge < -0.3 is 9.47 Å². The highest BCUT2D eigenvalue weighted by atomic mass is 35.5. The molecule has 140 valence electrons. The zero-order valence-corrected chi connectivity index (χ0v) is 15.0. The third-order valence-electron chi connectivity index (χ3n) is 3.78. The van der Waals surface area contributed by atoms with Gasteiger partial charge in [-0.05, 0) is 30.3 Å². The maximum absolute atomic E-state index is 12.9. The highest BCUT2D eigenvalue weighted by Gasteiger charge is 2.33. The number of sulfonamides is 1. The first-order valence-corrected chi connectivity index (χ1v) is 9.18. The summed E-state index contributed by atoms with van der Waals surface area (Å²) in [6, 6.07) is 6.48. The fourth-order valence-electron chi connectivity index (χ4n) is 2.40. The summed E-state index contributed by atoms with van der Waals surface area (Å²) in [5, 5.41) is -0.124. The van der Waals surface area contributed by atoms with E-state index in [4.69, 9.17) is 21.1 Å². The first-order valence-electron chi connectivity index (χ1n) is 7.36. The van der Waals surface area contributed by atoms with Gasteiger partial charge in [-0.15, -0.1) is 0 Å². The van der Waals surface area contributed by atoms with Crippen molar-refractivity contribution in [3.8, 4) is 11.5 Å². The molecule has 0 aromatic heterocycles. The van der Waals surface area contributed by atoms with E-state index >= 15 is 0 Å². The van der Waals surface area contributed by atoms with Gasteiger partial charge in [-0.2, -0.15) is 13.2 Å². The molecule has 1 heterocycles. The van der Waals surface area contributed by atoms with Gasteiger partial charge >= 0.3 is 6.18 Å². The average Bonchev–Trinajstić information content (AvgIpc) is 2.60. The molecule has 1 aliphatic heterocycles. The van der Waals surface area contributed by atoms with Crippen LogP contribution in [0.1, 0.15) is 5.56 Å². The maximum atomic E-state index is 12.9. The summed E-state index contributed by atoms with van der Waals surface area (Å²) in [5.74, 6) is 0.649. The Kier molecular flexibility index (Phi) is 4.70. The number of benzene rings is 2. The average molecular weight is 408 g/mol. The van der Waals surface area contributed by atoms with Crippen LogP contribution in [-0.4, -0.2) is 28.7 Å². The molecule has 2 aromatic rings. The normalized spacial score (nSPS) is 14.2. The molecule has 0 N–H and O–H groups in total. The van der Waals surface area contributed by atoms with Gasteiger partial charge in [0.1, 0.15) is 13.2 Å². The van der Waals surface area contributed by atoms with Crippen molar-refractivity contribution >= 4 is 27.3 Å². The highest BCUT2D eigenvalue weighted by Crippen LogP contribution is 2.38. The van der Waals surface area contributed by atoms with Gasteiger partial charge in [-0.1, -0.05) is 11.6 Å². The number of ether oxygens (including phenoxy) is 2. The molecule has 0 saturated heterocycles. The second kappa shape index (κ2) is 6.55. The first kappa shape index (κ1) is 18.7. The van der Waals surface area contributed by atoms with Gasteiger partial charge in [-0.3, -0.25) is 4.31 Å². The molecular weight excluding hydrogens is 395 g/mol. The van der Waals surface area contributed by atoms with Crippen molar-refractivity contribution in [1.82, 2.24) is 0 Å². The van der Waals surface area contributed by atoms with Crippen molar-refractivity contribution in [2.24, 2.45) is 0 Å². The van der Waals surface area contributed by atoms with E-state index in [0.717, 1.165) is 19.2 Å². The lowest BCUT2D eigenvalue weighted by atomic mass is 10.2. The Morgan fingerprint density at radius 1 is 1.04 bits per heavy atom. The minimum atomic E-state index is -4.62. The van der Waals surface area contributed by atoms with E-state index in [1.807, 2.05) is 0 Å². The van der Waals surface area contributed by atoms with Crippen LogP contribution in [0.2, 0.25) is 5.02 Å². The number of nitrogens with zero attached hydrogens (tertiary/aromatic N) is 1. The van der Waals surface area contributed by atoms with Crippen LogP contribution >= 0.6 is 11.6 Å². The molecule has 2 aromatic carbocycles. The fourth-order valence-corrected chi connectivity index (χ4v) is 3.92. The Hall–Kier alpha value is -2.13. The molecule has 0 aliphatic carbocycles. The van der Waals surface area contributed by atoms with Crippen LogP contribution in [0.5, 0.6) is 11.5 Å².